The fourth-order valence-electron chi connectivity index (χ4n) is 4.78. The van der Waals surface area contributed by atoms with Crippen molar-refractivity contribution in [1.82, 2.24) is 14.8 Å². The van der Waals surface area contributed by atoms with Crippen molar-refractivity contribution in [2.75, 3.05) is 0 Å². The van der Waals surface area contributed by atoms with Gasteiger partial charge in [-0.15, -0.1) is 0 Å². The van der Waals surface area contributed by atoms with E-state index < -0.39 is 49.1 Å². The highest BCUT2D eigenvalue weighted by molar-refractivity contribution is 7.80. The number of hydrogen-bond donors (Lipinski definition) is 0. The van der Waals surface area contributed by atoms with Gasteiger partial charge >= 0.3 is 0 Å². The average Bonchev–Trinajstić information content (AvgIpc) is 3.46. The van der Waals surface area contributed by atoms with Crippen LogP contribution in [0.2, 0.25) is 0 Å². The van der Waals surface area contributed by atoms with Crippen LogP contribution in [0.3, 0.4) is 0 Å². The van der Waals surface area contributed by atoms with Gasteiger partial charge in [0, 0.05) is 5.56 Å². The normalized spacial score (nSPS) is 11.4. The molecule has 3 nitrogen and oxygen atoms in total. The highest BCUT2D eigenvalue weighted by Crippen LogP contribution is 2.39. The molecule has 0 saturated carbocycles. The molecule has 0 bridgehead atoms. The molecule has 0 aliphatic rings. The predicted octanol–water partition coefficient (Wildman–Crippen LogP) is 6.60. The summed E-state index contributed by atoms with van der Waals surface area (Å²) in [6.07, 6.45) is 1.21. The summed E-state index contributed by atoms with van der Waals surface area (Å²) < 4.78 is 72.2. The van der Waals surface area contributed by atoms with Crippen molar-refractivity contribution in [3.05, 3.63) is 138 Å². The Hall–Kier alpha value is -4.42. The maximum absolute atomic E-state index is 14.7. The lowest BCUT2D eigenvalue weighted by molar-refractivity contribution is 0.367. The van der Waals surface area contributed by atoms with Gasteiger partial charge in [0.1, 0.15) is 6.33 Å². The lowest BCUT2D eigenvalue weighted by atomic mass is 10.0. The minimum Gasteiger partial charge on any atom is -0.241 e. The first-order chi connectivity index (χ1) is 19.5. The molecule has 0 radical (unpaired) electrons. The number of fused-ring (bicyclic) bond motifs is 1. The van der Waals surface area contributed by atoms with Gasteiger partial charge in [-0.25, -0.2) is 31.6 Å². The largest absolute Gasteiger partial charge is 0.241 e. The number of aromatic nitrogens is 3. The van der Waals surface area contributed by atoms with Crippen LogP contribution in [0.5, 0.6) is 0 Å². The van der Waals surface area contributed by atoms with Gasteiger partial charge in [-0.1, -0.05) is 97.1 Å². The fraction of sp³-hybridized carbons (Fsp3) is 0.0323. The summed E-state index contributed by atoms with van der Waals surface area (Å²) in [7, 11) is -1.14. The molecule has 0 saturated heterocycles. The van der Waals surface area contributed by atoms with Crippen molar-refractivity contribution in [2.24, 2.45) is 0 Å². The summed E-state index contributed by atoms with van der Waals surface area (Å²) in [5.41, 5.74) is -0.323. The molecule has 5 aromatic carbocycles. The van der Waals surface area contributed by atoms with Crippen molar-refractivity contribution in [2.45, 2.75) is 6.54 Å². The standard InChI is InChI=1S/C31H19F5N3P/c32-26-23(27(33)29(35)30(36)28(26)34)17-39-31(37-18-38-39)25-22-14-8-7-9-19(22)15-16-24(25)40(20-10-3-1-4-11-20)21-12-5-2-6-13-21/h1-16,18H,17H2. The van der Waals surface area contributed by atoms with E-state index in [9.17, 15) is 22.0 Å². The fourth-order valence-corrected chi connectivity index (χ4v) is 7.24. The Morgan fingerprint density at radius 2 is 1.15 bits per heavy atom. The monoisotopic (exact) mass is 559 g/mol. The molecule has 0 aliphatic heterocycles. The maximum Gasteiger partial charge on any atom is 0.200 e. The predicted molar refractivity (Wildman–Crippen MR) is 147 cm³/mol. The van der Waals surface area contributed by atoms with Crippen molar-refractivity contribution < 1.29 is 22.0 Å². The Morgan fingerprint density at radius 3 is 1.77 bits per heavy atom. The molecule has 0 spiro atoms. The van der Waals surface area contributed by atoms with Crippen molar-refractivity contribution in [3.63, 3.8) is 0 Å². The van der Waals surface area contributed by atoms with E-state index in [1.54, 1.807) is 0 Å². The lowest BCUT2D eigenvalue weighted by Gasteiger charge is -2.23. The molecular weight excluding hydrogens is 540 g/mol. The van der Waals surface area contributed by atoms with Gasteiger partial charge in [0.15, 0.2) is 29.1 Å². The zero-order valence-corrected chi connectivity index (χ0v) is 21.6. The van der Waals surface area contributed by atoms with E-state index in [1.807, 2.05) is 97.1 Å². The Kier molecular flexibility index (Phi) is 6.86. The number of hydrogen-bond acceptors (Lipinski definition) is 2. The molecule has 0 fully saturated rings. The third-order valence-electron chi connectivity index (χ3n) is 6.62. The van der Waals surface area contributed by atoms with Crippen molar-refractivity contribution in [3.8, 4) is 11.4 Å². The number of rotatable bonds is 6. The van der Waals surface area contributed by atoms with Crippen LogP contribution in [0.1, 0.15) is 5.56 Å². The van der Waals surface area contributed by atoms with E-state index in [2.05, 4.69) is 10.1 Å². The Labute approximate surface area is 227 Å². The van der Waals surface area contributed by atoms with Crippen LogP contribution in [0.25, 0.3) is 22.2 Å². The van der Waals surface area contributed by atoms with Crippen LogP contribution in [0.15, 0.2) is 103 Å². The summed E-state index contributed by atoms with van der Waals surface area (Å²) >= 11 is 0. The molecule has 198 valence electrons. The zero-order valence-electron chi connectivity index (χ0n) is 20.7. The van der Waals surface area contributed by atoms with Crippen molar-refractivity contribution >= 4 is 34.6 Å². The third-order valence-corrected chi connectivity index (χ3v) is 9.11. The van der Waals surface area contributed by atoms with Gasteiger partial charge in [-0.3, -0.25) is 0 Å². The van der Waals surface area contributed by atoms with Crippen LogP contribution >= 0.6 is 7.92 Å². The molecule has 9 heteroatoms. The molecule has 0 N–H and O–H groups in total. The summed E-state index contributed by atoms with van der Waals surface area (Å²) in [5.74, 6) is -9.75. The minimum atomic E-state index is -2.20. The van der Waals surface area contributed by atoms with Crippen LogP contribution in [0, 0.1) is 29.1 Å². The smallest absolute Gasteiger partial charge is 0.200 e. The summed E-state index contributed by atoms with van der Waals surface area (Å²) in [5, 5.41) is 8.87. The molecule has 1 heterocycles. The van der Waals surface area contributed by atoms with E-state index in [0.717, 1.165) is 26.7 Å². The maximum atomic E-state index is 14.7. The number of benzene rings is 5. The average molecular weight is 559 g/mol. The summed E-state index contributed by atoms with van der Waals surface area (Å²) in [6.45, 7) is -0.710. The molecule has 0 aliphatic carbocycles. The van der Waals surface area contributed by atoms with E-state index in [-0.39, 0.29) is 5.82 Å². The molecule has 0 unspecified atom stereocenters. The lowest BCUT2D eigenvalue weighted by Crippen LogP contribution is -2.23. The van der Waals surface area contributed by atoms with Crippen molar-refractivity contribution in [1.29, 1.82) is 0 Å². The van der Waals surface area contributed by atoms with E-state index in [0.29, 0.717) is 5.56 Å². The SMILES string of the molecule is Fc1c(F)c(F)c(Cn2ncnc2-c2c(P(c3ccccc3)c3ccccc3)ccc3ccccc23)c(F)c1F. The number of nitrogens with zero attached hydrogens (tertiary/aromatic N) is 3. The highest BCUT2D eigenvalue weighted by atomic mass is 31.1. The van der Waals surface area contributed by atoms with Gasteiger partial charge < -0.3 is 0 Å². The first-order valence-electron chi connectivity index (χ1n) is 12.3. The van der Waals surface area contributed by atoms with Crippen LogP contribution in [0.4, 0.5) is 22.0 Å². The van der Waals surface area contributed by atoms with E-state index in [4.69, 9.17) is 0 Å². The first-order valence-corrected chi connectivity index (χ1v) is 13.6. The van der Waals surface area contributed by atoms with Crippen LogP contribution in [-0.2, 0) is 6.54 Å². The summed E-state index contributed by atoms with van der Waals surface area (Å²) in [4.78, 5) is 4.44. The third kappa shape index (κ3) is 4.44. The highest BCUT2D eigenvalue weighted by Gasteiger charge is 2.28. The number of halogens is 5. The van der Waals surface area contributed by atoms with Crippen LogP contribution < -0.4 is 15.9 Å². The Bertz CT molecular complexity index is 1770. The molecule has 40 heavy (non-hydrogen) atoms. The first kappa shape index (κ1) is 25.8. The second kappa shape index (κ2) is 10.6. The van der Waals surface area contributed by atoms with E-state index in [1.165, 1.54) is 11.0 Å². The molecule has 1 aromatic heterocycles. The molecule has 0 amide bonds. The van der Waals surface area contributed by atoms with Gasteiger partial charge in [-0.2, -0.15) is 5.10 Å². The minimum absolute atomic E-state index is 0.245. The van der Waals surface area contributed by atoms with Gasteiger partial charge in [-0.05, 0) is 34.6 Å². The van der Waals surface area contributed by atoms with E-state index >= 15 is 0 Å². The molecule has 6 rings (SSSR count). The van der Waals surface area contributed by atoms with Gasteiger partial charge in [0.2, 0.25) is 5.82 Å². The second-order valence-corrected chi connectivity index (χ2v) is 11.2. The zero-order chi connectivity index (χ0) is 27.8. The topological polar surface area (TPSA) is 30.7 Å². The van der Waals surface area contributed by atoms with Gasteiger partial charge in [0.05, 0.1) is 12.1 Å². The van der Waals surface area contributed by atoms with Gasteiger partial charge in [0.25, 0.3) is 0 Å². The molecular formula is C31H19F5N3P. The quantitative estimate of drug-likeness (QED) is 0.0997. The second-order valence-electron chi connectivity index (χ2n) is 8.98. The summed E-state index contributed by atoms with van der Waals surface area (Å²) in [6, 6.07) is 31.5. The molecule has 6 aromatic rings. The Morgan fingerprint density at radius 1 is 0.600 bits per heavy atom. The Balaban J connectivity index is 1.60. The van der Waals surface area contributed by atoms with Crippen LogP contribution in [-0.4, -0.2) is 14.8 Å². The molecule has 0 atom stereocenters.